The zero-order chi connectivity index (χ0) is 22.9. The summed E-state index contributed by atoms with van der Waals surface area (Å²) in [5.41, 5.74) is -1.29. The number of sulfonamides is 1. The first kappa shape index (κ1) is 23.4. The minimum Gasteiger partial charge on any atom is -0.497 e. The van der Waals surface area contributed by atoms with Crippen LogP contribution in [-0.2, 0) is 19.6 Å². The molecule has 3 aliphatic rings. The normalized spacial score (nSPS) is 25.5. The molecule has 1 aromatic carbocycles. The number of carbonyl (C=O) groups is 2. The van der Waals surface area contributed by atoms with Gasteiger partial charge in [-0.2, -0.15) is 0 Å². The SMILES string of the molecule is COc1ccc(S(=O)(=O)NC(=O)C23CCC(CNC(=O)OC(C)(C)C)(CC2)CC3)cc1. The first-order valence-electron chi connectivity index (χ1n) is 10.6. The molecular formula is C22H32N2O6S. The van der Waals surface area contributed by atoms with E-state index in [1.165, 1.54) is 19.2 Å². The molecule has 8 nitrogen and oxygen atoms in total. The van der Waals surface area contributed by atoms with Crippen molar-refractivity contribution in [1.82, 2.24) is 10.0 Å². The van der Waals surface area contributed by atoms with E-state index in [9.17, 15) is 18.0 Å². The largest absolute Gasteiger partial charge is 0.497 e. The second kappa shape index (κ2) is 8.33. The van der Waals surface area contributed by atoms with Crippen LogP contribution in [0.15, 0.2) is 29.2 Å². The molecule has 3 aliphatic carbocycles. The van der Waals surface area contributed by atoms with Gasteiger partial charge in [0.2, 0.25) is 5.91 Å². The predicted molar refractivity (Wildman–Crippen MR) is 115 cm³/mol. The molecule has 2 N–H and O–H groups in total. The van der Waals surface area contributed by atoms with Crippen LogP contribution in [0.25, 0.3) is 0 Å². The summed E-state index contributed by atoms with van der Waals surface area (Å²) in [6, 6.07) is 5.93. The summed E-state index contributed by atoms with van der Waals surface area (Å²) >= 11 is 0. The predicted octanol–water partition coefficient (Wildman–Crippen LogP) is 3.37. The van der Waals surface area contributed by atoms with Crippen LogP contribution in [-0.4, -0.2) is 39.7 Å². The average molecular weight is 453 g/mol. The van der Waals surface area contributed by atoms with E-state index in [1.807, 2.05) is 20.8 Å². The van der Waals surface area contributed by atoms with E-state index in [0.717, 1.165) is 19.3 Å². The van der Waals surface area contributed by atoms with Crippen molar-refractivity contribution in [2.75, 3.05) is 13.7 Å². The number of methoxy groups -OCH3 is 1. The number of nitrogens with one attached hydrogen (secondary N) is 2. The van der Waals surface area contributed by atoms with Gasteiger partial charge in [0.15, 0.2) is 0 Å². The van der Waals surface area contributed by atoms with Gasteiger partial charge in [-0.25, -0.2) is 17.9 Å². The van der Waals surface area contributed by atoms with Crippen LogP contribution < -0.4 is 14.8 Å². The van der Waals surface area contributed by atoms with Gasteiger partial charge in [0.1, 0.15) is 11.4 Å². The number of rotatable bonds is 6. The Balaban J connectivity index is 1.59. The van der Waals surface area contributed by atoms with Crippen molar-refractivity contribution in [2.24, 2.45) is 10.8 Å². The molecule has 4 rings (SSSR count). The Bertz CT molecular complexity index is 909. The quantitative estimate of drug-likeness (QED) is 0.685. The van der Waals surface area contributed by atoms with Gasteiger partial charge in [-0.3, -0.25) is 4.79 Å². The van der Waals surface area contributed by atoms with Crippen LogP contribution in [0.1, 0.15) is 59.3 Å². The van der Waals surface area contributed by atoms with Crippen molar-refractivity contribution in [3.05, 3.63) is 24.3 Å². The van der Waals surface area contributed by atoms with Crippen LogP contribution in [0.4, 0.5) is 4.79 Å². The summed E-state index contributed by atoms with van der Waals surface area (Å²) < 4.78 is 38.0. The number of carbonyl (C=O) groups excluding carboxylic acids is 2. The van der Waals surface area contributed by atoms with Crippen molar-refractivity contribution >= 4 is 22.0 Å². The highest BCUT2D eigenvalue weighted by Crippen LogP contribution is 2.56. The molecule has 0 aromatic heterocycles. The maximum Gasteiger partial charge on any atom is 0.407 e. The molecule has 0 radical (unpaired) electrons. The highest BCUT2D eigenvalue weighted by atomic mass is 32.2. The van der Waals surface area contributed by atoms with Crippen LogP contribution in [0.5, 0.6) is 5.75 Å². The molecule has 0 atom stereocenters. The molecule has 172 valence electrons. The van der Waals surface area contributed by atoms with Crippen molar-refractivity contribution in [2.45, 2.75) is 69.8 Å². The number of ether oxygens (including phenoxy) is 2. The second-order valence-electron chi connectivity index (χ2n) is 9.75. The van der Waals surface area contributed by atoms with Crippen LogP contribution in [0, 0.1) is 10.8 Å². The molecule has 0 saturated heterocycles. The fourth-order valence-electron chi connectivity index (χ4n) is 4.49. The molecular weight excluding hydrogens is 420 g/mol. The smallest absolute Gasteiger partial charge is 0.407 e. The van der Waals surface area contributed by atoms with Crippen LogP contribution in [0.3, 0.4) is 0 Å². The standard InChI is InChI=1S/C22H32N2O6S/c1-20(2,3)30-19(26)23-15-21-9-12-22(13-10-21,14-11-21)18(25)24-31(27,28)17-7-5-16(29-4)6-8-17/h5-8H,9-15H2,1-4H3,(H,23,26)(H,24,25). The molecule has 0 unspecified atom stereocenters. The average Bonchev–Trinajstić information content (AvgIpc) is 2.72. The molecule has 2 amide bonds. The lowest BCUT2D eigenvalue weighted by molar-refractivity contribution is -0.138. The van der Waals surface area contributed by atoms with E-state index >= 15 is 0 Å². The van der Waals surface area contributed by atoms with Crippen molar-refractivity contribution < 1.29 is 27.5 Å². The summed E-state index contributed by atoms with van der Waals surface area (Å²) in [5.74, 6) is 0.108. The van der Waals surface area contributed by atoms with E-state index in [1.54, 1.807) is 12.1 Å². The molecule has 0 heterocycles. The first-order valence-corrected chi connectivity index (χ1v) is 12.1. The zero-order valence-electron chi connectivity index (χ0n) is 18.6. The van der Waals surface area contributed by atoms with E-state index < -0.39 is 33.0 Å². The topological polar surface area (TPSA) is 111 Å². The van der Waals surface area contributed by atoms with Crippen LogP contribution in [0.2, 0.25) is 0 Å². The highest BCUT2D eigenvalue weighted by Gasteiger charge is 2.53. The Morgan fingerprint density at radius 1 is 1.00 bits per heavy atom. The van der Waals surface area contributed by atoms with E-state index in [4.69, 9.17) is 9.47 Å². The van der Waals surface area contributed by atoms with Gasteiger partial charge in [0, 0.05) is 6.54 Å². The highest BCUT2D eigenvalue weighted by molar-refractivity contribution is 7.90. The fraction of sp³-hybridized carbons (Fsp3) is 0.636. The van der Waals surface area contributed by atoms with Gasteiger partial charge in [-0.1, -0.05) is 0 Å². The number of fused-ring (bicyclic) bond motifs is 3. The Labute approximate surface area is 184 Å². The Kier molecular flexibility index (Phi) is 6.28. The first-order chi connectivity index (χ1) is 14.4. The molecule has 2 bridgehead atoms. The number of hydrogen-bond donors (Lipinski definition) is 2. The number of hydrogen-bond acceptors (Lipinski definition) is 6. The summed E-state index contributed by atoms with van der Waals surface area (Å²) in [7, 11) is -2.45. The molecule has 9 heteroatoms. The summed E-state index contributed by atoms with van der Waals surface area (Å²) in [4.78, 5) is 25.0. The van der Waals surface area contributed by atoms with Crippen molar-refractivity contribution in [1.29, 1.82) is 0 Å². The van der Waals surface area contributed by atoms with Crippen molar-refractivity contribution in [3.8, 4) is 5.75 Å². The summed E-state index contributed by atoms with van der Waals surface area (Å²) in [6.45, 7) is 5.96. The lowest BCUT2D eigenvalue weighted by Crippen LogP contribution is -2.54. The number of alkyl carbamates (subject to hydrolysis) is 1. The minimum absolute atomic E-state index is 0.0283. The maximum absolute atomic E-state index is 13.0. The number of benzene rings is 1. The molecule has 31 heavy (non-hydrogen) atoms. The Morgan fingerprint density at radius 2 is 1.55 bits per heavy atom. The van der Waals surface area contributed by atoms with Gasteiger partial charge >= 0.3 is 6.09 Å². The van der Waals surface area contributed by atoms with Gasteiger partial charge in [0.25, 0.3) is 10.0 Å². The number of amides is 2. The molecule has 3 saturated carbocycles. The van der Waals surface area contributed by atoms with E-state index in [2.05, 4.69) is 10.0 Å². The van der Waals surface area contributed by atoms with Gasteiger partial charge in [-0.05, 0) is 89.0 Å². The van der Waals surface area contributed by atoms with Crippen LogP contribution >= 0.6 is 0 Å². The Morgan fingerprint density at radius 3 is 2.03 bits per heavy atom. The molecule has 3 fully saturated rings. The molecule has 0 aliphatic heterocycles. The van der Waals surface area contributed by atoms with Gasteiger partial charge in [0.05, 0.1) is 17.4 Å². The summed E-state index contributed by atoms with van der Waals surface area (Å²) in [6.07, 6.45) is 3.66. The molecule has 0 spiro atoms. The third kappa shape index (κ3) is 5.31. The molecule has 1 aromatic rings. The fourth-order valence-corrected chi connectivity index (χ4v) is 5.56. The monoisotopic (exact) mass is 452 g/mol. The van der Waals surface area contributed by atoms with Gasteiger partial charge in [-0.15, -0.1) is 0 Å². The van der Waals surface area contributed by atoms with E-state index in [-0.39, 0.29) is 10.3 Å². The van der Waals surface area contributed by atoms with Gasteiger partial charge < -0.3 is 14.8 Å². The third-order valence-electron chi connectivity index (χ3n) is 6.49. The lowest BCUT2D eigenvalue weighted by Gasteiger charge is -2.52. The second-order valence-corrected chi connectivity index (χ2v) is 11.4. The minimum atomic E-state index is -3.95. The zero-order valence-corrected chi connectivity index (χ0v) is 19.4. The van der Waals surface area contributed by atoms with E-state index in [0.29, 0.717) is 31.6 Å². The lowest BCUT2D eigenvalue weighted by atomic mass is 9.53. The summed E-state index contributed by atoms with van der Waals surface area (Å²) in [5, 5.41) is 2.87. The third-order valence-corrected chi connectivity index (χ3v) is 7.83. The Hall–Kier alpha value is -2.29. The maximum atomic E-state index is 13.0. The van der Waals surface area contributed by atoms with Crippen molar-refractivity contribution in [3.63, 3.8) is 0 Å².